The summed E-state index contributed by atoms with van der Waals surface area (Å²) >= 11 is 0. The second-order valence-corrected chi connectivity index (χ2v) is 7.62. The van der Waals surface area contributed by atoms with E-state index in [-0.39, 0.29) is 25.0 Å². The number of nitrogens with one attached hydrogen (secondary N) is 1. The quantitative estimate of drug-likeness (QED) is 0.519. The lowest BCUT2D eigenvalue weighted by Crippen LogP contribution is -2.54. The highest BCUT2D eigenvalue weighted by Gasteiger charge is 2.45. The number of carbonyl (C=O) groups is 4. The minimum atomic E-state index is -0.945. The molecule has 0 aromatic heterocycles. The topological polar surface area (TPSA) is 105 Å². The van der Waals surface area contributed by atoms with E-state index >= 15 is 0 Å². The van der Waals surface area contributed by atoms with Crippen LogP contribution in [0.1, 0.15) is 58.5 Å². The number of hydrogen-bond donors (Lipinski definition) is 1. The number of nitrogens with zero attached hydrogens (tertiary/aromatic N) is 2. The molecule has 1 unspecified atom stereocenters. The maximum absolute atomic E-state index is 12.9. The van der Waals surface area contributed by atoms with Crippen molar-refractivity contribution in [3.05, 3.63) is 34.4 Å². The van der Waals surface area contributed by atoms with Gasteiger partial charge in [0, 0.05) is 32.7 Å². The fourth-order valence-electron chi connectivity index (χ4n) is 4.30. The zero-order chi connectivity index (χ0) is 21.4. The van der Waals surface area contributed by atoms with Gasteiger partial charge in [-0.25, -0.2) is 0 Å². The molecule has 4 amide bonds. The van der Waals surface area contributed by atoms with Crippen molar-refractivity contribution in [1.82, 2.24) is 15.1 Å². The minimum absolute atomic E-state index is 0.107. The van der Waals surface area contributed by atoms with Crippen molar-refractivity contribution in [1.29, 1.82) is 0 Å². The largest absolute Gasteiger partial charge is 0.352 e. The van der Waals surface area contributed by atoms with Crippen LogP contribution in [0.4, 0.5) is 0 Å². The lowest BCUT2D eigenvalue weighted by Gasteiger charge is -2.27. The van der Waals surface area contributed by atoms with Gasteiger partial charge in [0.15, 0.2) is 6.29 Å². The fraction of sp³-hybridized carbons (Fsp3) is 0.524. The molecule has 0 bridgehead atoms. The average Bonchev–Trinajstić information content (AvgIpc) is 3.19. The maximum Gasteiger partial charge on any atom is 0.262 e. The van der Waals surface area contributed by atoms with Crippen LogP contribution < -0.4 is 5.32 Å². The third kappa shape index (κ3) is 3.64. The van der Waals surface area contributed by atoms with E-state index < -0.39 is 23.8 Å². The first-order valence-electron chi connectivity index (χ1n) is 10.3. The van der Waals surface area contributed by atoms with Gasteiger partial charge >= 0.3 is 0 Å². The molecule has 4 rings (SSSR count). The molecule has 3 aliphatic rings. The summed E-state index contributed by atoms with van der Waals surface area (Å²) in [6.07, 6.45) is -0.0666. The summed E-state index contributed by atoms with van der Waals surface area (Å²) in [5.74, 6) is -1.94. The van der Waals surface area contributed by atoms with Crippen molar-refractivity contribution in [3.8, 4) is 0 Å². The van der Waals surface area contributed by atoms with Crippen molar-refractivity contribution in [2.75, 3.05) is 19.8 Å². The van der Waals surface area contributed by atoms with Gasteiger partial charge in [0.2, 0.25) is 11.8 Å². The van der Waals surface area contributed by atoms with Gasteiger partial charge in [-0.15, -0.1) is 0 Å². The molecule has 1 aromatic rings. The smallest absolute Gasteiger partial charge is 0.262 e. The molecule has 1 fully saturated rings. The van der Waals surface area contributed by atoms with Crippen LogP contribution in [-0.4, -0.2) is 65.5 Å². The van der Waals surface area contributed by atoms with Crippen LogP contribution in [0.25, 0.3) is 0 Å². The van der Waals surface area contributed by atoms with Crippen LogP contribution in [0.2, 0.25) is 0 Å². The Hall–Kier alpha value is -2.62. The number of rotatable bonds is 7. The van der Waals surface area contributed by atoms with Crippen molar-refractivity contribution in [2.45, 2.75) is 52.1 Å². The number of ether oxygens (including phenoxy) is 2. The SMILES string of the molecule is CCOC(CN1Cc2cc3c(cc2C1)C(=O)N(C1CCC(=O)NC1=O)C3=O)OCC. The Labute approximate surface area is 174 Å². The number of amides is 4. The summed E-state index contributed by atoms with van der Waals surface area (Å²) in [5, 5.41) is 2.21. The zero-order valence-electron chi connectivity index (χ0n) is 17.1. The van der Waals surface area contributed by atoms with Gasteiger partial charge in [0.1, 0.15) is 6.04 Å². The lowest BCUT2D eigenvalue weighted by atomic mass is 10.0. The van der Waals surface area contributed by atoms with E-state index in [2.05, 4.69) is 10.2 Å². The first kappa shape index (κ1) is 20.6. The van der Waals surface area contributed by atoms with Gasteiger partial charge in [-0.3, -0.25) is 34.3 Å². The van der Waals surface area contributed by atoms with Crippen LogP contribution >= 0.6 is 0 Å². The molecule has 0 spiro atoms. The first-order chi connectivity index (χ1) is 14.4. The molecule has 1 atom stereocenters. The van der Waals surface area contributed by atoms with E-state index in [1.54, 1.807) is 12.1 Å². The molecule has 0 aliphatic carbocycles. The Morgan fingerprint density at radius 3 is 2.07 bits per heavy atom. The molecule has 1 aromatic carbocycles. The van der Waals surface area contributed by atoms with E-state index in [0.717, 1.165) is 16.0 Å². The molecule has 3 heterocycles. The van der Waals surface area contributed by atoms with Gasteiger partial charge in [0.05, 0.1) is 17.7 Å². The van der Waals surface area contributed by atoms with Gasteiger partial charge in [-0.05, 0) is 43.5 Å². The molecular formula is C21H25N3O6. The van der Waals surface area contributed by atoms with Crippen molar-refractivity contribution in [3.63, 3.8) is 0 Å². The number of carbonyl (C=O) groups excluding carboxylic acids is 4. The normalized spacial score (nSPS) is 21.4. The first-order valence-corrected chi connectivity index (χ1v) is 10.3. The van der Waals surface area contributed by atoms with E-state index in [1.165, 1.54) is 0 Å². The molecule has 3 aliphatic heterocycles. The van der Waals surface area contributed by atoms with Crippen molar-refractivity contribution in [2.24, 2.45) is 0 Å². The lowest BCUT2D eigenvalue weighted by molar-refractivity contribution is -0.147. The van der Waals surface area contributed by atoms with Gasteiger partial charge in [-0.2, -0.15) is 0 Å². The minimum Gasteiger partial charge on any atom is -0.352 e. The highest BCUT2D eigenvalue weighted by atomic mass is 16.7. The van der Waals surface area contributed by atoms with Gasteiger partial charge in [-0.1, -0.05) is 0 Å². The molecule has 1 saturated heterocycles. The number of fused-ring (bicyclic) bond motifs is 2. The summed E-state index contributed by atoms with van der Waals surface area (Å²) in [6, 6.07) is 2.57. The second kappa shape index (κ2) is 8.25. The Kier molecular flexibility index (Phi) is 5.68. The summed E-state index contributed by atoms with van der Waals surface area (Å²) in [7, 11) is 0. The summed E-state index contributed by atoms with van der Waals surface area (Å²) in [5.41, 5.74) is 2.59. The van der Waals surface area contributed by atoms with E-state index in [9.17, 15) is 19.2 Å². The third-order valence-corrected chi connectivity index (χ3v) is 5.66. The average molecular weight is 415 g/mol. The van der Waals surface area contributed by atoms with Gasteiger partial charge < -0.3 is 9.47 Å². The molecule has 160 valence electrons. The molecule has 9 heteroatoms. The molecular weight excluding hydrogens is 390 g/mol. The number of benzene rings is 1. The maximum atomic E-state index is 12.9. The van der Waals surface area contributed by atoms with Crippen LogP contribution in [-0.2, 0) is 32.2 Å². The predicted octanol–water partition coefficient (Wildman–Crippen LogP) is 0.802. The third-order valence-electron chi connectivity index (χ3n) is 5.66. The van der Waals surface area contributed by atoms with E-state index in [0.29, 0.717) is 44.0 Å². The van der Waals surface area contributed by atoms with Crippen LogP contribution in [0.5, 0.6) is 0 Å². The number of imide groups is 2. The summed E-state index contributed by atoms with van der Waals surface area (Å²) in [4.78, 5) is 52.6. The summed E-state index contributed by atoms with van der Waals surface area (Å²) in [6.45, 7) is 6.78. The molecule has 9 nitrogen and oxygen atoms in total. The van der Waals surface area contributed by atoms with Crippen LogP contribution in [0, 0.1) is 0 Å². The Morgan fingerprint density at radius 1 is 1.00 bits per heavy atom. The van der Waals surface area contributed by atoms with Crippen LogP contribution in [0.15, 0.2) is 12.1 Å². The molecule has 0 radical (unpaired) electrons. The van der Waals surface area contributed by atoms with E-state index in [4.69, 9.17) is 9.47 Å². The number of piperidine rings is 1. The van der Waals surface area contributed by atoms with Crippen molar-refractivity contribution >= 4 is 23.6 Å². The fourth-order valence-corrected chi connectivity index (χ4v) is 4.30. The van der Waals surface area contributed by atoms with Crippen molar-refractivity contribution < 1.29 is 28.7 Å². The van der Waals surface area contributed by atoms with E-state index in [1.807, 2.05) is 13.8 Å². The second-order valence-electron chi connectivity index (χ2n) is 7.62. The molecule has 0 saturated carbocycles. The number of hydrogen-bond acceptors (Lipinski definition) is 7. The highest BCUT2D eigenvalue weighted by Crippen LogP contribution is 2.33. The Morgan fingerprint density at radius 2 is 1.57 bits per heavy atom. The van der Waals surface area contributed by atoms with Gasteiger partial charge in [0.25, 0.3) is 11.8 Å². The predicted molar refractivity (Wildman–Crippen MR) is 104 cm³/mol. The highest BCUT2D eigenvalue weighted by molar-refractivity contribution is 6.23. The Balaban J connectivity index is 1.51. The zero-order valence-corrected chi connectivity index (χ0v) is 17.1. The summed E-state index contributed by atoms with van der Waals surface area (Å²) < 4.78 is 11.2. The Bertz CT molecular complexity index is 863. The molecule has 30 heavy (non-hydrogen) atoms. The standard InChI is InChI=1S/C21H25N3O6/c1-3-29-18(30-4-2)11-23-9-12-7-14-15(8-13(12)10-23)21(28)24(20(14)27)16-5-6-17(25)22-19(16)26/h7-8,16,18H,3-6,9-11H2,1-2H3,(H,22,25,26). The molecule has 1 N–H and O–H groups in total. The monoisotopic (exact) mass is 415 g/mol. The van der Waals surface area contributed by atoms with Crippen LogP contribution in [0.3, 0.4) is 0 Å².